The van der Waals surface area contributed by atoms with Gasteiger partial charge in [-0.1, -0.05) is 19.0 Å². The smallest absolute Gasteiger partial charge is 0.243 e. The van der Waals surface area contributed by atoms with Gasteiger partial charge in [0.1, 0.15) is 0 Å². The second-order valence-corrected chi connectivity index (χ2v) is 8.06. The van der Waals surface area contributed by atoms with E-state index in [4.69, 9.17) is 4.52 Å². The molecule has 1 aliphatic heterocycles. The van der Waals surface area contributed by atoms with Crippen molar-refractivity contribution in [1.29, 1.82) is 0 Å². The number of aromatic nitrogens is 2. The lowest BCUT2D eigenvalue weighted by Gasteiger charge is -2.43. The van der Waals surface area contributed by atoms with Gasteiger partial charge >= 0.3 is 0 Å². The number of hydrogen-bond acceptors (Lipinski definition) is 5. The lowest BCUT2D eigenvalue weighted by Crippen LogP contribution is -2.43. The average molecular weight is 320 g/mol. The molecular weight excluding hydrogens is 288 g/mol. The number of nitrogens with one attached hydrogen (secondary N) is 2. The third kappa shape index (κ3) is 4.32. The summed E-state index contributed by atoms with van der Waals surface area (Å²) in [7, 11) is 0. The van der Waals surface area contributed by atoms with E-state index in [0.29, 0.717) is 17.4 Å². The molecule has 1 saturated heterocycles. The molecule has 130 valence electrons. The van der Waals surface area contributed by atoms with Crippen molar-refractivity contribution in [2.75, 3.05) is 13.1 Å². The molecule has 5 heteroatoms. The molecule has 1 aromatic rings. The maximum Gasteiger partial charge on any atom is 0.243 e. The van der Waals surface area contributed by atoms with Crippen LogP contribution in [0.5, 0.6) is 0 Å². The summed E-state index contributed by atoms with van der Waals surface area (Å²) in [6.07, 6.45) is 8.88. The zero-order chi connectivity index (χ0) is 16.3. The molecule has 0 bridgehead atoms. The van der Waals surface area contributed by atoms with Gasteiger partial charge in [0.15, 0.2) is 5.82 Å². The zero-order valence-corrected chi connectivity index (χ0v) is 14.9. The van der Waals surface area contributed by atoms with Crippen molar-refractivity contribution in [1.82, 2.24) is 20.8 Å². The maximum absolute atomic E-state index is 5.45. The average Bonchev–Trinajstić information content (AvgIpc) is 2.98. The highest BCUT2D eigenvalue weighted by Gasteiger charge is 2.36. The molecule has 1 aromatic heterocycles. The van der Waals surface area contributed by atoms with E-state index in [1.165, 1.54) is 51.6 Å². The fraction of sp³-hybridized carbons (Fsp3) is 0.889. The number of hydrogen-bond donors (Lipinski definition) is 2. The standard InChI is InChI=1S/C18H32N4O/c1-13(2)12-16-21-17(23-22-16)14(3)20-15-4-6-18(7-5-15)8-10-19-11-9-18/h13-15,19-20H,4-12H2,1-3H3/t14-/m1/s1. The Hall–Kier alpha value is -0.940. The molecule has 1 spiro atoms. The van der Waals surface area contributed by atoms with Gasteiger partial charge in [-0.05, 0) is 69.9 Å². The predicted octanol–water partition coefficient (Wildman–Crippen LogP) is 3.23. The SMILES string of the molecule is CC(C)Cc1noc([C@@H](C)NC2CCC3(CCNCC3)CC2)n1. The minimum Gasteiger partial charge on any atom is -0.338 e. The second kappa shape index (κ2) is 7.31. The minimum atomic E-state index is 0.149. The Balaban J connectivity index is 1.49. The lowest BCUT2D eigenvalue weighted by molar-refractivity contribution is 0.111. The van der Waals surface area contributed by atoms with Gasteiger partial charge in [-0.15, -0.1) is 0 Å². The van der Waals surface area contributed by atoms with Crippen LogP contribution in [0.15, 0.2) is 4.52 Å². The van der Waals surface area contributed by atoms with Gasteiger partial charge in [0.25, 0.3) is 0 Å². The van der Waals surface area contributed by atoms with Gasteiger partial charge in [0, 0.05) is 12.5 Å². The molecular formula is C18H32N4O. The van der Waals surface area contributed by atoms with Gasteiger partial charge in [0.05, 0.1) is 6.04 Å². The van der Waals surface area contributed by atoms with Gasteiger partial charge in [0.2, 0.25) is 5.89 Å². The molecule has 1 saturated carbocycles. The Bertz CT molecular complexity index is 483. The molecule has 2 fully saturated rings. The highest BCUT2D eigenvalue weighted by Crippen LogP contribution is 2.43. The Morgan fingerprint density at radius 2 is 1.87 bits per heavy atom. The third-order valence-electron chi connectivity index (χ3n) is 5.64. The summed E-state index contributed by atoms with van der Waals surface area (Å²) in [4.78, 5) is 4.55. The predicted molar refractivity (Wildman–Crippen MR) is 91.2 cm³/mol. The molecule has 2 aliphatic rings. The molecule has 3 rings (SSSR count). The molecule has 1 atom stereocenters. The summed E-state index contributed by atoms with van der Waals surface area (Å²) >= 11 is 0. The quantitative estimate of drug-likeness (QED) is 0.872. The first-order chi connectivity index (χ1) is 11.1. The first-order valence-corrected chi connectivity index (χ1v) is 9.36. The van der Waals surface area contributed by atoms with Crippen LogP contribution in [0.1, 0.15) is 77.1 Å². The third-order valence-corrected chi connectivity index (χ3v) is 5.64. The van der Waals surface area contributed by atoms with Crippen LogP contribution < -0.4 is 10.6 Å². The molecule has 1 aliphatic carbocycles. The van der Waals surface area contributed by atoms with Crippen LogP contribution in [0, 0.1) is 11.3 Å². The molecule has 23 heavy (non-hydrogen) atoms. The molecule has 0 radical (unpaired) electrons. The zero-order valence-electron chi connectivity index (χ0n) is 14.9. The normalized spacial score (nSPS) is 23.5. The van der Waals surface area contributed by atoms with E-state index < -0.39 is 0 Å². The monoisotopic (exact) mass is 320 g/mol. The molecule has 2 N–H and O–H groups in total. The Morgan fingerprint density at radius 3 is 2.52 bits per heavy atom. The van der Waals surface area contributed by atoms with Crippen molar-refractivity contribution in [3.8, 4) is 0 Å². The Morgan fingerprint density at radius 1 is 1.17 bits per heavy atom. The van der Waals surface area contributed by atoms with Crippen molar-refractivity contribution in [2.45, 2.75) is 77.8 Å². The summed E-state index contributed by atoms with van der Waals surface area (Å²) in [6.45, 7) is 8.90. The molecule has 2 heterocycles. The molecule has 5 nitrogen and oxygen atoms in total. The second-order valence-electron chi connectivity index (χ2n) is 8.06. The van der Waals surface area contributed by atoms with E-state index in [0.717, 1.165) is 18.1 Å². The molecule has 0 amide bonds. The van der Waals surface area contributed by atoms with E-state index in [-0.39, 0.29) is 6.04 Å². The van der Waals surface area contributed by atoms with Crippen molar-refractivity contribution >= 4 is 0 Å². The van der Waals surface area contributed by atoms with Gasteiger partial charge in [-0.25, -0.2) is 0 Å². The summed E-state index contributed by atoms with van der Waals surface area (Å²) in [5.74, 6) is 2.13. The summed E-state index contributed by atoms with van der Waals surface area (Å²) < 4.78 is 5.45. The Kier molecular flexibility index (Phi) is 5.37. The first kappa shape index (κ1) is 16.9. The minimum absolute atomic E-state index is 0.149. The maximum atomic E-state index is 5.45. The van der Waals surface area contributed by atoms with E-state index in [2.05, 4.69) is 41.5 Å². The van der Waals surface area contributed by atoms with Crippen LogP contribution in [-0.2, 0) is 6.42 Å². The van der Waals surface area contributed by atoms with Crippen molar-refractivity contribution < 1.29 is 4.52 Å². The van der Waals surface area contributed by atoms with Crippen molar-refractivity contribution in [3.05, 3.63) is 11.7 Å². The number of rotatable bonds is 5. The van der Waals surface area contributed by atoms with Crippen LogP contribution in [0.4, 0.5) is 0 Å². The van der Waals surface area contributed by atoms with Crippen LogP contribution in [0.3, 0.4) is 0 Å². The highest BCUT2D eigenvalue weighted by molar-refractivity contribution is 4.96. The molecule has 0 aromatic carbocycles. The topological polar surface area (TPSA) is 63.0 Å². The van der Waals surface area contributed by atoms with Crippen molar-refractivity contribution in [2.24, 2.45) is 11.3 Å². The number of piperidine rings is 1. The van der Waals surface area contributed by atoms with E-state index in [9.17, 15) is 0 Å². The number of nitrogens with zero attached hydrogens (tertiary/aromatic N) is 2. The summed E-state index contributed by atoms with van der Waals surface area (Å²) in [6, 6.07) is 0.737. The van der Waals surface area contributed by atoms with Crippen LogP contribution in [0.25, 0.3) is 0 Å². The van der Waals surface area contributed by atoms with Gasteiger partial charge < -0.3 is 15.2 Å². The van der Waals surface area contributed by atoms with E-state index >= 15 is 0 Å². The fourth-order valence-corrected chi connectivity index (χ4v) is 4.17. The Labute approximate surface area is 140 Å². The van der Waals surface area contributed by atoms with Crippen LogP contribution in [-0.4, -0.2) is 29.3 Å². The lowest BCUT2D eigenvalue weighted by atomic mass is 9.67. The van der Waals surface area contributed by atoms with Crippen LogP contribution in [0.2, 0.25) is 0 Å². The first-order valence-electron chi connectivity index (χ1n) is 9.36. The van der Waals surface area contributed by atoms with Gasteiger partial charge in [-0.2, -0.15) is 4.98 Å². The van der Waals surface area contributed by atoms with Gasteiger partial charge in [-0.3, -0.25) is 0 Å². The molecule has 0 unspecified atom stereocenters. The van der Waals surface area contributed by atoms with Crippen molar-refractivity contribution in [3.63, 3.8) is 0 Å². The van der Waals surface area contributed by atoms with E-state index in [1.54, 1.807) is 0 Å². The summed E-state index contributed by atoms with van der Waals surface area (Å²) in [5, 5.41) is 11.3. The van der Waals surface area contributed by atoms with E-state index in [1.807, 2.05) is 0 Å². The fourth-order valence-electron chi connectivity index (χ4n) is 4.17. The highest BCUT2D eigenvalue weighted by atomic mass is 16.5. The largest absolute Gasteiger partial charge is 0.338 e. The van der Waals surface area contributed by atoms with Crippen LogP contribution >= 0.6 is 0 Å². The summed E-state index contributed by atoms with van der Waals surface area (Å²) in [5.41, 5.74) is 0.627.